The van der Waals surface area contributed by atoms with Crippen LogP contribution in [0.3, 0.4) is 0 Å². The number of hydrogen-bond acceptors (Lipinski definition) is 4. The second-order valence-electron chi connectivity index (χ2n) is 5.18. The highest BCUT2D eigenvalue weighted by molar-refractivity contribution is 6.05. The summed E-state index contributed by atoms with van der Waals surface area (Å²) >= 11 is 0. The van der Waals surface area contributed by atoms with Gasteiger partial charge in [-0.05, 0) is 11.1 Å². The standard InChI is InChI=1S/C14H10O4/c15-9-5-8-6-3-1-2-4-7(6)10(9)12-11(8)13(16)18-14(12)17/h1-4,8,10-12H,5H2/t8-,10+,11+,12+/m0/s1. The van der Waals surface area contributed by atoms with Crippen molar-refractivity contribution in [3.05, 3.63) is 35.4 Å². The lowest BCUT2D eigenvalue weighted by atomic mass is 9.56. The zero-order valence-electron chi connectivity index (χ0n) is 9.46. The first-order valence-electron chi connectivity index (χ1n) is 6.05. The average molecular weight is 242 g/mol. The van der Waals surface area contributed by atoms with Gasteiger partial charge in [0.1, 0.15) is 5.78 Å². The largest absolute Gasteiger partial charge is 0.393 e. The molecule has 0 radical (unpaired) electrons. The van der Waals surface area contributed by atoms with Gasteiger partial charge in [0.05, 0.1) is 17.8 Å². The topological polar surface area (TPSA) is 60.4 Å². The molecule has 5 rings (SSSR count). The molecule has 1 aromatic rings. The minimum atomic E-state index is -0.585. The van der Waals surface area contributed by atoms with Gasteiger partial charge in [0.2, 0.25) is 0 Å². The second kappa shape index (κ2) is 3.07. The van der Waals surface area contributed by atoms with E-state index in [2.05, 4.69) is 0 Å². The zero-order chi connectivity index (χ0) is 12.4. The van der Waals surface area contributed by atoms with E-state index in [1.54, 1.807) is 0 Å². The molecule has 4 aliphatic rings. The first-order valence-corrected chi connectivity index (χ1v) is 6.05. The fraction of sp³-hybridized carbons (Fsp3) is 0.357. The molecular formula is C14H10O4. The molecule has 1 saturated carbocycles. The second-order valence-corrected chi connectivity index (χ2v) is 5.18. The van der Waals surface area contributed by atoms with Gasteiger partial charge in [-0.25, -0.2) is 0 Å². The maximum Gasteiger partial charge on any atom is 0.318 e. The lowest BCUT2D eigenvalue weighted by Gasteiger charge is -2.42. The summed E-state index contributed by atoms with van der Waals surface area (Å²) in [6.45, 7) is 0. The third-order valence-electron chi connectivity index (χ3n) is 4.42. The van der Waals surface area contributed by atoms with Gasteiger partial charge in [-0.1, -0.05) is 24.3 Å². The van der Waals surface area contributed by atoms with E-state index in [1.807, 2.05) is 24.3 Å². The predicted molar refractivity (Wildman–Crippen MR) is 59.6 cm³/mol. The third kappa shape index (κ3) is 0.991. The van der Waals surface area contributed by atoms with Crippen molar-refractivity contribution in [2.45, 2.75) is 18.3 Å². The van der Waals surface area contributed by atoms with Gasteiger partial charge in [0, 0.05) is 12.3 Å². The molecule has 1 heterocycles. The molecule has 18 heavy (non-hydrogen) atoms. The molecule has 0 N–H and O–H groups in total. The van der Waals surface area contributed by atoms with Crippen molar-refractivity contribution in [2.24, 2.45) is 11.8 Å². The Bertz CT molecular complexity index is 604. The summed E-state index contributed by atoms with van der Waals surface area (Å²) in [6, 6.07) is 7.60. The van der Waals surface area contributed by atoms with Gasteiger partial charge in [0.15, 0.2) is 0 Å². The van der Waals surface area contributed by atoms with E-state index < -0.39 is 29.7 Å². The summed E-state index contributed by atoms with van der Waals surface area (Å²) in [5, 5.41) is 0. The number of Topliss-reactive ketones (excluding diaryl/α,β-unsaturated/α-hetero) is 1. The Morgan fingerprint density at radius 1 is 0.944 bits per heavy atom. The monoisotopic (exact) mass is 242 g/mol. The molecule has 4 atom stereocenters. The van der Waals surface area contributed by atoms with Crippen LogP contribution in [0.25, 0.3) is 0 Å². The maximum absolute atomic E-state index is 12.1. The van der Waals surface area contributed by atoms with Crippen LogP contribution in [-0.4, -0.2) is 17.7 Å². The molecule has 0 aromatic heterocycles. The number of rotatable bonds is 0. The lowest BCUT2D eigenvalue weighted by molar-refractivity contribution is -0.154. The normalized spacial score (nSPS) is 36.3. The Balaban J connectivity index is 1.98. The van der Waals surface area contributed by atoms with E-state index >= 15 is 0 Å². The van der Waals surface area contributed by atoms with E-state index in [0.29, 0.717) is 6.42 Å². The van der Waals surface area contributed by atoms with Crippen molar-refractivity contribution in [1.82, 2.24) is 0 Å². The van der Waals surface area contributed by atoms with E-state index in [1.165, 1.54) is 0 Å². The van der Waals surface area contributed by atoms with Crippen LogP contribution in [0.5, 0.6) is 0 Å². The Kier molecular flexibility index (Phi) is 1.71. The van der Waals surface area contributed by atoms with Crippen LogP contribution < -0.4 is 0 Å². The van der Waals surface area contributed by atoms with E-state index in [4.69, 9.17) is 4.74 Å². The highest BCUT2D eigenvalue weighted by Gasteiger charge is 2.61. The smallest absolute Gasteiger partial charge is 0.318 e. The first kappa shape index (κ1) is 10.00. The minimum Gasteiger partial charge on any atom is -0.393 e. The van der Waals surface area contributed by atoms with Gasteiger partial charge < -0.3 is 4.74 Å². The number of ether oxygens (including phenoxy) is 1. The van der Waals surface area contributed by atoms with Crippen LogP contribution in [-0.2, 0) is 19.1 Å². The minimum absolute atomic E-state index is 0.0617. The van der Waals surface area contributed by atoms with Crippen LogP contribution in [0, 0.1) is 11.8 Å². The van der Waals surface area contributed by atoms with E-state index in [9.17, 15) is 14.4 Å². The molecule has 0 amide bonds. The fourth-order valence-corrected chi connectivity index (χ4v) is 3.76. The van der Waals surface area contributed by atoms with Gasteiger partial charge in [-0.15, -0.1) is 0 Å². The van der Waals surface area contributed by atoms with Crippen LogP contribution in [0.15, 0.2) is 24.3 Å². The van der Waals surface area contributed by atoms with E-state index in [-0.39, 0.29) is 11.7 Å². The number of benzene rings is 1. The summed E-state index contributed by atoms with van der Waals surface area (Å²) in [6.07, 6.45) is 0.352. The fourth-order valence-electron chi connectivity index (χ4n) is 3.76. The number of carbonyl (C=O) groups excluding carboxylic acids is 3. The molecule has 1 aliphatic heterocycles. The van der Waals surface area contributed by atoms with E-state index in [0.717, 1.165) is 11.1 Å². The molecule has 2 bridgehead atoms. The predicted octanol–water partition coefficient (Wildman–Crippen LogP) is 1.16. The van der Waals surface area contributed by atoms with Crippen LogP contribution in [0.1, 0.15) is 29.4 Å². The summed E-state index contributed by atoms with van der Waals surface area (Å²) in [4.78, 5) is 35.6. The van der Waals surface area contributed by atoms with Gasteiger partial charge in [-0.3, -0.25) is 14.4 Å². The molecule has 4 heteroatoms. The molecule has 90 valence electrons. The summed E-state index contributed by atoms with van der Waals surface area (Å²) in [7, 11) is 0. The number of fused-ring (bicyclic) bond motifs is 1. The Morgan fingerprint density at radius 3 is 2.39 bits per heavy atom. The summed E-state index contributed by atoms with van der Waals surface area (Å²) in [5.41, 5.74) is 1.95. The van der Waals surface area contributed by atoms with Gasteiger partial charge >= 0.3 is 11.9 Å². The highest BCUT2D eigenvalue weighted by atomic mass is 16.6. The van der Waals surface area contributed by atoms with Gasteiger partial charge in [0.25, 0.3) is 0 Å². The molecule has 3 aliphatic carbocycles. The Labute approximate surface area is 103 Å². The Morgan fingerprint density at radius 2 is 1.61 bits per heavy atom. The molecule has 4 nitrogen and oxygen atoms in total. The zero-order valence-corrected chi connectivity index (χ0v) is 9.46. The van der Waals surface area contributed by atoms with Crippen LogP contribution >= 0.6 is 0 Å². The lowest BCUT2D eigenvalue weighted by Crippen LogP contribution is -2.44. The number of hydrogen-bond donors (Lipinski definition) is 0. The molecule has 1 aromatic carbocycles. The summed E-state index contributed by atoms with van der Waals surface area (Å²) < 4.78 is 4.74. The number of ketones is 1. The number of carbonyl (C=O) groups is 3. The van der Waals surface area contributed by atoms with Crippen LogP contribution in [0.2, 0.25) is 0 Å². The van der Waals surface area contributed by atoms with Crippen molar-refractivity contribution in [1.29, 1.82) is 0 Å². The highest BCUT2D eigenvalue weighted by Crippen LogP contribution is 2.56. The third-order valence-corrected chi connectivity index (χ3v) is 4.42. The van der Waals surface area contributed by atoms with Crippen molar-refractivity contribution in [3.63, 3.8) is 0 Å². The number of cyclic esters (lactones) is 2. The molecule has 2 fully saturated rings. The molecule has 0 spiro atoms. The molecular weight excluding hydrogens is 232 g/mol. The van der Waals surface area contributed by atoms with Gasteiger partial charge in [-0.2, -0.15) is 0 Å². The number of esters is 2. The van der Waals surface area contributed by atoms with Crippen molar-refractivity contribution in [2.75, 3.05) is 0 Å². The SMILES string of the molecule is O=C1OC(=O)[C@H]2[C@H]1[C@H]1CC(=O)[C@H]2c2ccccc21. The molecule has 1 saturated heterocycles. The Hall–Kier alpha value is -1.97. The van der Waals surface area contributed by atoms with Crippen molar-refractivity contribution >= 4 is 17.7 Å². The first-order chi connectivity index (χ1) is 8.68. The maximum atomic E-state index is 12.1. The van der Waals surface area contributed by atoms with Crippen molar-refractivity contribution < 1.29 is 19.1 Å². The molecule has 0 unspecified atom stereocenters. The average Bonchev–Trinajstić information content (AvgIpc) is 2.66. The summed E-state index contributed by atoms with van der Waals surface area (Å²) in [5.74, 6) is -2.61. The van der Waals surface area contributed by atoms with Crippen molar-refractivity contribution in [3.8, 4) is 0 Å². The van der Waals surface area contributed by atoms with Crippen LogP contribution in [0.4, 0.5) is 0 Å². The quantitative estimate of drug-likeness (QED) is 0.506.